The van der Waals surface area contributed by atoms with Gasteiger partial charge in [-0.1, -0.05) is 84.6 Å². The number of carboxylic acids is 1. The van der Waals surface area contributed by atoms with Gasteiger partial charge in [-0.05, 0) is 52.6 Å². The minimum Gasteiger partial charge on any atom is -0.508 e. The first-order valence-electron chi connectivity index (χ1n) is 17.4. The zero-order chi connectivity index (χ0) is 38.9. The average Bonchev–Trinajstić information content (AvgIpc) is 3.64. The molecule has 0 aromatic heterocycles. The van der Waals surface area contributed by atoms with Gasteiger partial charge in [-0.3, -0.25) is 19.3 Å². The van der Waals surface area contributed by atoms with Crippen LogP contribution >= 0.6 is 0 Å². The fourth-order valence-electron chi connectivity index (χ4n) is 8.16. The summed E-state index contributed by atoms with van der Waals surface area (Å²) in [6.07, 6.45) is -2.04. The van der Waals surface area contributed by atoms with Gasteiger partial charge in [0.25, 0.3) is 0 Å². The van der Waals surface area contributed by atoms with E-state index in [1.807, 2.05) is 36.4 Å². The molecule has 2 saturated heterocycles. The van der Waals surface area contributed by atoms with E-state index in [4.69, 9.17) is 19.9 Å². The Kier molecular flexibility index (Phi) is 9.98. The molecule has 4 aromatic carbocycles. The van der Waals surface area contributed by atoms with Crippen molar-refractivity contribution < 1.29 is 48.4 Å². The number of carboxylic acid groups (broad SMARTS) is 1. The molecule has 280 valence electrons. The second-order valence-corrected chi connectivity index (χ2v) is 13.2. The number of cyclic esters (lactones) is 1. The Balaban J connectivity index is 1.54. The molecule has 14 nitrogen and oxygen atoms in total. The van der Waals surface area contributed by atoms with Crippen molar-refractivity contribution in [1.82, 2.24) is 10.2 Å². The summed E-state index contributed by atoms with van der Waals surface area (Å²) >= 11 is 0. The number of aromatic hydroxyl groups is 1. The summed E-state index contributed by atoms with van der Waals surface area (Å²) in [7, 11) is 1.42. The first kappa shape index (κ1) is 36.7. The minimum atomic E-state index is -2.19. The fraction of sp³-hybridized carbons (Fsp3) is 0.244. The molecule has 5 N–H and O–H groups in total. The highest BCUT2D eigenvalue weighted by Crippen LogP contribution is 2.66. The number of rotatable bonds is 8. The lowest BCUT2D eigenvalue weighted by Gasteiger charge is -2.46. The van der Waals surface area contributed by atoms with Crippen molar-refractivity contribution in [3.05, 3.63) is 131 Å². The zero-order valence-corrected chi connectivity index (χ0v) is 29.5. The summed E-state index contributed by atoms with van der Waals surface area (Å²) in [4.78, 5) is 71.7. The molecule has 7 rings (SSSR count). The van der Waals surface area contributed by atoms with Gasteiger partial charge in [-0.25, -0.2) is 14.5 Å². The van der Waals surface area contributed by atoms with Crippen LogP contribution in [0.4, 0.5) is 15.3 Å². The molecule has 4 amide bonds. The number of hydrogen-bond acceptors (Lipinski definition) is 10. The number of hydrogen-bond donors (Lipinski definition) is 4. The third-order valence-electron chi connectivity index (χ3n) is 10.2. The maximum absolute atomic E-state index is 15.5. The zero-order valence-electron chi connectivity index (χ0n) is 29.5. The number of phenols is 1. The number of aliphatic carboxylic acids is 1. The van der Waals surface area contributed by atoms with Gasteiger partial charge in [0.05, 0.1) is 30.9 Å². The number of imide groups is 1. The van der Waals surface area contributed by atoms with E-state index in [0.29, 0.717) is 22.3 Å². The standard InChI is InChI=1S/C41H36N4O10/c1-53-21-22-54-40(52)44-30-19-14-24(9-8-20-43-39(42)51)23-29(30)41(38(44)50)31(36(47)48)33-37(49)55-34(26-12-6-3-7-13-26)32(25-10-4-2-5-11-25)45(33)35(41)27-15-17-28(46)18-16-27/h2-7,10-19,23,31-35,46H,20-22H2,1H3,(H,47,48)(H3,42,43,51). The molecule has 1 spiro atoms. The molecule has 0 aliphatic carbocycles. The van der Waals surface area contributed by atoms with Crippen molar-refractivity contribution in [3.8, 4) is 17.6 Å². The lowest BCUT2D eigenvalue weighted by atomic mass is 9.65. The van der Waals surface area contributed by atoms with Gasteiger partial charge in [-0.15, -0.1) is 0 Å². The molecule has 6 unspecified atom stereocenters. The van der Waals surface area contributed by atoms with Crippen molar-refractivity contribution in [2.75, 3.05) is 31.8 Å². The second kappa shape index (κ2) is 15.0. The van der Waals surface area contributed by atoms with Gasteiger partial charge >= 0.3 is 24.1 Å². The van der Waals surface area contributed by atoms with E-state index in [1.54, 1.807) is 41.3 Å². The average molecular weight is 745 g/mol. The number of nitrogens with zero attached hydrogens (tertiary/aromatic N) is 2. The lowest BCUT2D eigenvalue weighted by molar-refractivity contribution is -0.179. The van der Waals surface area contributed by atoms with Crippen molar-refractivity contribution in [2.24, 2.45) is 11.7 Å². The third-order valence-corrected chi connectivity index (χ3v) is 10.2. The number of benzene rings is 4. The van der Waals surface area contributed by atoms with Crippen LogP contribution < -0.4 is 16.0 Å². The number of ether oxygens (including phenoxy) is 3. The van der Waals surface area contributed by atoms with E-state index in [0.717, 1.165) is 4.90 Å². The highest BCUT2D eigenvalue weighted by Gasteiger charge is 2.76. The molecule has 14 heteroatoms. The van der Waals surface area contributed by atoms with Gasteiger partial charge < -0.3 is 35.5 Å². The van der Waals surface area contributed by atoms with E-state index in [9.17, 15) is 29.4 Å². The maximum atomic E-state index is 15.5. The summed E-state index contributed by atoms with van der Waals surface area (Å²) in [5.74, 6) is 0.457. The third kappa shape index (κ3) is 6.29. The number of phenolic OH excluding ortho intramolecular Hbond substituents is 1. The number of primary amides is 1. The number of methoxy groups -OCH3 is 1. The number of nitrogens with one attached hydrogen (secondary N) is 1. The van der Waals surface area contributed by atoms with E-state index >= 15 is 4.79 Å². The van der Waals surface area contributed by atoms with Gasteiger partial charge in [0.2, 0.25) is 5.91 Å². The molecular formula is C41H36N4O10. The molecule has 3 heterocycles. The van der Waals surface area contributed by atoms with Crippen molar-refractivity contribution >= 4 is 35.7 Å². The number of nitrogens with two attached hydrogens (primary N) is 1. The number of amides is 4. The Hall–Kier alpha value is -6.69. The number of anilines is 1. The predicted molar refractivity (Wildman–Crippen MR) is 195 cm³/mol. The smallest absolute Gasteiger partial charge is 0.421 e. The molecule has 0 radical (unpaired) electrons. The highest BCUT2D eigenvalue weighted by molar-refractivity contribution is 6.23. The SMILES string of the molecule is COCCOC(=O)N1C(=O)C2(c3cc(C#CCNC(N)=O)ccc31)C(C(=O)O)C1C(=O)OC(c3ccccc3)C(c3ccccc3)N1C2c1ccc(O)cc1. The summed E-state index contributed by atoms with van der Waals surface area (Å²) in [6, 6.07) is 24.1. The van der Waals surface area contributed by atoms with Crippen LogP contribution in [0.3, 0.4) is 0 Å². The summed E-state index contributed by atoms with van der Waals surface area (Å²) in [6.45, 7) is -0.296. The topological polar surface area (TPSA) is 198 Å². The van der Waals surface area contributed by atoms with Crippen LogP contribution in [-0.4, -0.2) is 78.0 Å². The number of morpholine rings is 1. The molecule has 3 aliphatic rings. The van der Waals surface area contributed by atoms with Crippen LogP contribution in [0.1, 0.15) is 46.0 Å². The van der Waals surface area contributed by atoms with Crippen LogP contribution in [0.5, 0.6) is 5.75 Å². The molecule has 55 heavy (non-hydrogen) atoms. The lowest BCUT2D eigenvalue weighted by Crippen LogP contribution is -2.53. The Morgan fingerprint density at radius 3 is 2.20 bits per heavy atom. The number of carbonyl (C=O) groups is 5. The number of carbonyl (C=O) groups excluding carboxylic acids is 4. The largest absolute Gasteiger partial charge is 0.508 e. The first-order valence-corrected chi connectivity index (χ1v) is 17.4. The molecule has 0 saturated carbocycles. The summed E-state index contributed by atoms with van der Waals surface area (Å²) in [5.41, 5.74) is 5.13. The first-order chi connectivity index (χ1) is 26.6. The summed E-state index contributed by atoms with van der Waals surface area (Å²) in [5, 5.41) is 24.1. The van der Waals surface area contributed by atoms with E-state index < -0.39 is 65.5 Å². The van der Waals surface area contributed by atoms with Crippen LogP contribution in [0.2, 0.25) is 0 Å². The Bertz CT molecular complexity index is 2200. The molecular weight excluding hydrogens is 708 g/mol. The molecule has 4 aromatic rings. The normalized spacial score (nSPS) is 23.9. The van der Waals surface area contributed by atoms with E-state index in [1.165, 1.54) is 37.4 Å². The molecule has 3 aliphatic heterocycles. The highest BCUT2D eigenvalue weighted by atomic mass is 16.6. The van der Waals surface area contributed by atoms with E-state index in [2.05, 4.69) is 17.2 Å². The predicted octanol–water partition coefficient (Wildman–Crippen LogP) is 3.95. The fourth-order valence-corrected chi connectivity index (χ4v) is 8.16. The number of urea groups is 1. The van der Waals surface area contributed by atoms with Crippen molar-refractivity contribution in [1.29, 1.82) is 0 Å². The quantitative estimate of drug-likeness (QED) is 0.116. The summed E-state index contributed by atoms with van der Waals surface area (Å²) < 4.78 is 16.7. The van der Waals surface area contributed by atoms with Gasteiger partial charge in [-0.2, -0.15) is 0 Å². The van der Waals surface area contributed by atoms with Crippen molar-refractivity contribution in [3.63, 3.8) is 0 Å². The molecule has 2 fully saturated rings. The number of fused-ring (bicyclic) bond motifs is 3. The Morgan fingerprint density at radius 1 is 0.891 bits per heavy atom. The molecule has 0 bridgehead atoms. The van der Waals surface area contributed by atoms with Gasteiger partial charge in [0.15, 0.2) is 0 Å². The Morgan fingerprint density at radius 2 is 1.56 bits per heavy atom. The monoisotopic (exact) mass is 744 g/mol. The maximum Gasteiger partial charge on any atom is 0.421 e. The second-order valence-electron chi connectivity index (χ2n) is 13.2. The van der Waals surface area contributed by atoms with Gasteiger partial charge in [0.1, 0.15) is 35.8 Å². The van der Waals surface area contributed by atoms with Crippen molar-refractivity contribution in [2.45, 2.75) is 29.6 Å². The van der Waals surface area contributed by atoms with Crippen LogP contribution in [0, 0.1) is 17.8 Å². The molecule has 6 atom stereocenters. The van der Waals surface area contributed by atoms with E-state index in [-0.39, 0.29) is 36.8 Å². The van der Waals surface area contributed by atoms with Crippen LogP contribution in [0.25, 0.3) is 0 Å². The van der Waals surface area contributed by atoms with Gasteiger partial charge in [0, 0.05) is 12.7 Å². The van der Waals surface area contributed by atoms with Crippen LogP contribution in [0.15, 0.2) is 103 Å². The minimum absolute atomic E-state index is 0.0227. The number of esters is 1. The van der Waals surface area contributed by atoms with Crippen LogP contribution in [-0.2, 0) is 34.0 Å². The Labute approximate surface area is 315 Å².